The maximum atomic E-state index is 2.48. The molecule has 0 atom stereocenters. The Kier molecular flexibility index (Phi) is 8.77. The van der Waals surface area contributed by atoms with E-state index in [-0.39, 0.29) is 24.8 Å². The summed E-state index contributed by atoms with van der Waals surface area (Å²) in [4.78, 5) is 0. The summed E-state index contributed by atoms with van der Waals surface area (Å²) in [5.74, 6) is 0.790. The van der Waals surface area contributed by atoms with Crippen molar-refractivity contribution in [3.05, 3.63) is 42.0 Å². The number of halogens is 2. The molecule has 0 unspecified atom stereocenters. The van der Waals surface area contributed by atoms with Crippen LogP contribution in [0, 0.1) is 5.92 Å². The van der Waals surface area contributed by atoms with E-state index in [2.05, 4.69) is 45.1 Å². The first-order chi connectivity index (χ1) is 7.66. The molecule has 2 rings (SSSR count). The molecular weight excluding hydrogens is 342 g/mol. The van der Waals surface area contributed by atoms with Crippen molar-refractivity contribution < 1.29 is 48.0 Å². The van der Waals surface area contributed by atoms with Gasteiger partial charge in [0.2, 0.25) is 0 Å². The SMILES string of the molecule is CC1=[C]([Zr+2][C]2=CC=CC2)CC=C1CC(C)C.[Cl-].[Cl-]. The van der Waals surface area contributed by atoms with E-state index in [1.807, 2.05) is 3.28 Å². The van der Waals surface area contributed by atoms with Gasteiger partial charge in [-0.05, 0) is 0 Å². The normalized spacial score (nSPS) is 17.1. The Labute approximate surface area is 135 Å². The van der Waals surface area contributed by atoms with Crippen molar-refractivity contribution in [1.29, 1.82) is 0 Å². The van der Waals surface area contributed by atoms with Gasteiger partial charge < -0.3 is 24.8 Å². The summed E-state index contributed by atoms with van der Waals surface area (Å²) in [6, 6.07) is 0. The average molecular weight is 362 g/mol. The van der Waals surface area contributed by atoms with Gasteiger partial charge in [-0.25, -0.2) is 0 Å². The van der Waals surface area contributed by atoms with Gasteiger partial charge in [0.25, 0.3) is 0 Å². The van der Waals surface area contributed by atoms with Crippen molar-refractivity contribution in [2.75, 3.05) is 0 Å². The molecule has 0 aliphatic heterocycles. The molecule has 0 amide bonds. The van der Waals surface area contributed by atoms with Gasteiger partial charge in [-0.1, -0.05) is 0 Å². The average Bonchev–Trinajstić information content (AvgIpc) is 2.82. The summed E-state index contributed by atoms with van der Waals surface area (Å²) in [6.45, 7) is 6.98. The molecule has 0 heterocycles. The van der Waals surface area contributed by atoms with E-state index < -0.39 is 23.2 Å². The van der Waals surface area contributed by atoms with Gasteiger partial charge in [-0.15, -0.1) is 0 Å². The minimum absolute atomic E-state index is 0. The standard InChI is InChI=1S/C10H15.C5H5.2ClH.Zr/c1-8(2)7-10-6-4-5-9(10)3;1-2-4-5-3-1;;;/h6,8H,4,7H2,1-3H3;1-3H,4H2;2*1H;/q;;;;+2/p-2. The molecule has 98 valence electrons. The molecule has 0 saturated heterocycles. The zero-order valence-electron chi connectivity index (χ0n) is 11.3. The largest absolute Gasteiger partial charge is 1.00 e. The van der Waals surface area contributed by atoms with Crippen LogP contribution in [0.25, 0.3) is 0 Å². The zero-order chi connectivity index (χ0) is 11.5. The Morgan fingerprint density at radius 1 is 1.22 bits per heavy atom. The molecule has 3 heteroatoms. The minimum Gasteiger partial charge on any atom is -1.00 e. The minimum atomic E-state index is -0.417. The van der Waals surface area contributed by atoms with Crippen molar-refractivity contribution in [2.24, 2.45) is 5.92 Å². The predicted octanol–water partition coefficient (Wildman–Crippen LogP) is -1.43. The molecule has 0 bridgehead atoms. The molecule has 0 aromatic rings. The molecular formula is C15H20Cl2Zr. The van der Waals surface area contributed by atoms with Crippen molar-refractivity contribution in [3.63, 3.8) is 0 Å². The molecule has 0 saturated carbocycles. The molecule has 0 fully saturated rings. The number of rotatable bonds is 4. The second-order valence-corrected chi connectivity index (χ2v) is 8.76. The predicted molar refractivity (Wildman–Crippen MR) is 66.7 cm³/mol. The molecule has 0 N–H and O–H groups in total. The monoisotopic (exact) mass is 360 g/mol. The Hall–Kier alpha value is 0.423. The molecule has 0 radical (unpaired) electrons. The Balaban J connectivity index is 0.00000144. The third-order valence-corrected chi connectivity index (χ3v) is 7.06. The molecule has 0 spiro atoms. The Bertz CT molecular complexity index is 401. The van der Waals surface area contributed by atoms with Gasteiger partial charge in [0.15, 0.2) is 0 Å². The smallest absolute Gasteiger partial charge is 1.00 e. The number of hydrogen-bond acceptors (Lipinski definition) is 0. The third-order valence-electron chi connectivity index (χ3n) is 3.20. The van der Waals surface area contributed by atoms with Gasteiger partial charge in [-0.2, -0.15) is 0 Å². The van der Waals surface area contributed by atoms with Crippen LogP contribution in [0.4, 0.5) is 0 Å². The van der Waals surface area contributed by atoms with Crippen LogP contribution in [-0.2, 0) is 23.2 Å². The van der Waals surface area contributed by atoms with Crippen molar-refractivity contribution >= 4 is 0 Å². The maximum Gasteiger partial charge on any atom is -1.00 e. The van der Waals surface area contributed by atoms with Crippen LogP contribution < -0.4 is 24.8 Å². The second kappa shape index (κ2) is 8.57. The van der Waals surface area contributed by atoms with E-state index in [1.54, 1.807) is 14.4 Å². The molecule has 2 aliphatic carbocycles. The fourth-order valence-corrected chi connectivity index (χ4v) is 5.57. The van der Waals surface area contributed by atoms with Crippen LogP contribution in [0.2, 0.25) is 0 Å². The molecule has 0 aromatic carbocycles. The first-order valence-electron chi connectivity index (χ1n) is 6.18. The van der Waals surface area contributed by atoms with Crippen LogP contribution in [0.3, 0.4) is 0 Å². The molecule has 0 aromatic heterocycles. The van der Waals surface area contributed by atoms with Gasteiger partial charge in [0.05, 0.1) is 0 Å². The van der Waals surface area contributed by atoms with Crippen LogP contribution in [-0.4, -0.2) is 0 Å². The summed E-state index contributed by atoms with van der Waals surface area (Å²) in [5, 5.41) is 0. The summed E-state index contributed by atoms with van der Waals surface area (Å²) >= 11 is -0.417. The van der Waals surface area contributed by atoms with E-state index in [0.717, 1.165) is 5.92 Å². The first-order valence-corrected chi connectivity index (χ1v) is 8.64. The van der Waals surface area contributed by atoms with Gasteiger partial charge >= 0.3 is 111 Å². The molecule has 2 aliphatic rings. The molecule has 0 nitrogen and oxygen atoms in total. The number of allylic oxidation sites excluding steroid dienone is 8. The van der Waals surface area contributed by atoms with E-state index >= 15 is 0 Å². The Morgan fingerprint density at radius 2 is 1.94 bits per heavy atom. The third kappa shape index (κ3) is 4.84. The molecule has 18 heavy (non-hydrogen) atoms. The summed E-state index contributed by atoms with van der Waals surface area (Å²) in [5.41, 5.74) is 3.28. The van der Waals surface area contributed by atoms with Gasteiger partial charge in [-0.3, -0.25) is 0 Å². The van der Waals surface area contributed by atoms with Crippen molar-refractivity contribution in [2.45, 2.75) is 40.0 Å². The summed E-state index contributed by atoms with van der Waals surface area (Å²) in [6.07, 6.45) is 13.1. The van der Waals surface area contributed by atoms with Crippen LogP contribution in [0.15, 0.2) is 42.0 Å². The Morgan fingerprint density at radius 3 is 2.50 bits per heavy atom. The van der Waals surface area contributed by atoms with Crippen LogP contribution >= 0.6 is 0 Å². The second-order valence-electron chi connectivity index (χ2n) is 5.08. The van der Waals surface area contributed by atoms with Crippen LogP contribution in [0.5, 0.6) is 0 Å². The first kappa shape index (κ1) is 18.4. The topological polar surface area (TPSA) is 0 Å². The van der Waals surface area contributed by atoms with Gasteiger partial charge in [0, 0.05) is 0 Å². The fraction of sp³-hybridized carbons (Fsp3) is 0.467. The summed E-state index contributed by atoms with van der Waals surface area (Å²) in [7, 11) is 0. The van der Waals surface area contributed by atoms with Crippen LogP contribution in [0.1, 0.15) is 40.0 Å². The van der Waals surface area contributed by atoms with E-state index in [0.29, 0.717) is 0 Å². The maximum absolute atomic E-state index is 2.48. The van der Waals surface area contributed by atoms with E-state index in [1.165, 1.54) is 19.3 Å². The van der Waals surface area contributed by atoms with Crippen molar-refractivity contribution in [3.8, 4) is 0 Å². The van der Waals surface area contributed by atoms with Gasteiger partial charge in [0.1, 0.15) is 0 Å². The van der Waals surface area contributed by atoms with E-state index in [9.17, 15) is 0 Å². The van der Waals surface area contributed by atoms with Crippen molar-refractivity contribution in [1.82, 2.24) is 0 Å². The van der Waals surface area contributed by atoms with E-state index in [4.69, 9.17) is 0 Å². The summed E-state index contributed by atoms with van der Waals surface area (Å²) < 4.78 is 3.56. The number of hydrogen-bond donors (Lipinski definition) is 0. The zero-order valence-corrected chi connectivity index (χ0v) is 15.2. The fourth-order valence-electron chi connectivity index (χ4n) is 2.28. The quantitative estimate of drug-likeness (QED) is 0.576.